The van der Waals surface area contributed by atoms with Gasteiger partial charge in [0.05, 0.1) is 40.3 Å². The fourth-order valence-corrected chi connectivity index (χ4v) is 8.34. The number of hydrogen-bond donors (Lipinski definition) is 0. The zero-order chi connectivity index (χ0) is 60.5. The van der Waals surface area contributed by atoms with Crippen molar-refractivity contribution < 1.29 is 42.9 Å². The number of quaternary nitrogens is 1. The quantitative estimate of drug-likeness (QED) is 0.0195. The molecular weight excluding hydrogens is 1030 g/mol. The third kappa shape index (κ3) is 64.3. The van der Waals surface area contributed by atoms with Crippen LogP contribution in [-0.4, -0.2) is 82.3 Å². The standard InChI is InChI=1S/C74H119NO8/c1-6-8-10-12-14-16-18-20-22-24-26-28-30-32-33-34-35-36-37-38-39-41-43-45-47-49-51-53-55-57-59-61-63-65-72(77)83-70(69-82-74(73(78)79)80-67-66-75(3,4)5)68-81-71(76)64-62-60-58-56-54-52-50-48-46-44-42-40-31-29-27-25-23-21-19-17-15-13-11-9-7-2/h8-11,14-17,20-23,26-29,32-33,35-36,38-39,43,45,49,51,70,74H,6-7,12-13,18-19,24-25,30-31,34,37,40-42,44,46-48,50,52-69H2,1-5H3/b10-8-,11-9-,16-14-,17-15-,22-20-,23-21-,28-26-,29-27-,33-32-,36-35-,39-38-,45-43-,51-49-. The van der Waals surface area contributed by atoms with E-state index in [2.05, 4.69) is 172 Å². The summed E-state index contributed by atoms with van der Waals surface area (Å²) in [6.07, 6.45) is 90.1. The van der Waals surface area contributed by atoms with E-state index in [1.807, 2.05) is 21.1 Å². The number of carbonyl (C=O) groups is 3. The number of ether oxygens (including phenoxy) is 4. The van der Waals surface area contributed by atoms with Crippen LogP contribution in [0.5, 0.6) is 0 Å². The molecule has 0 N–H and O–H groups in total. The highest BCUT2D eigenvalue weighted by Gasteiger charge is 2.22. The number of carboxylic acids is 1. The number of carbonyl (C=O) groups excluding carboxylic acids is 3. The van der Waals surface area contributed by atoms with E-state index >= 15 is 0 Å². The van der Waals surface area contributed by atoms with Crippen LogP contribution >= 0.6 is 0 Å². The molecule has 0 fully saturated rings. The van der Waals surface area contributed by atoms with Crippen molar-refractivity contribution in [3.8, 4) is 0 Å². The van der Waals surface area contributed by atoms with E-state index in [9.17, 15) is 19.5 Å². The minimum absolute atomic E-state index is 0.134. The zero-order valence-corrected chi connectivity index (χ0v) is 53.2. The van der Waals surface area contributed by atoms with E-state index in [1.165, 1.54) is 57.8 Å². The van der Waals surface area contributed by atoms with Crippen LogP contribution in [0, 0.1) is 0 Å². The lowest BCUT2D eigenvalue weighted by Crippen LogP contribution is -2.44. The molecule has 9 heteroatoms. The first-order valence-electron chi connectivity index (χ1n) is 32.6. The van der Waals surface area contributed by atoms with Crippen molar-refractivity contribution in [3.05, 3.63) is 158 Å². The molecule has 0 amide bonds. The van der Waals surface area contributed by atoms with Gasteiger partial charge >= 0.3 is 11.9 Å². The third-order valence-electron chi connectivity index (χ3n) is 13.3. The summed E-state index contributed by atoms with van der Waals surface area (Å²) in [6.45, 7) is 4.48. The van der Waals surface area contributed by atoms with Crippen LogP contribution in [0.3, 0.4) is 0 Å². The van der Waals surface area contributed by atoms with Crippen LogP contribution in [-0.2, 0) is 33.3 Å². The van der Waals surface area contributed by atoms with Crippen molar-refractivity contribution in [2.45, 2.75) is 245 Å². The number of aliphatic carboxylic acids is 1. The second-order valence-corrected chi connectivity index (χ2v) is 22.3. The van der Waals surface area contributed by atoms with Crippen LogP contribution in [0.15, 0.2) is 158 Å². The summed E-state index contributed by atoms with van der Waals surface area (Å²) in [5, 5.41) is 11.8. The fraction of sp³-hybridized carbons (Fsp3) is 0.608. The third-order valence-corrected chi connectivity index (χ3v) is 13.3. The minimum atomic E-state index is -1.64. The van der Waals surface area contributed by atoms with Crippen molar-refractivity contribution in [2.24, 2.45) is 0 Å². The first-order valence-corrected chi connectivity index (χ1v) is 32.6. The Morgan fingerprint density at radius 3 is 0.964 bits per heavy atom. The lowest BCUT2D eigenvalue weighted by molar-refractivity contribution is -0.870. The van der Waals surface area contributed by atoms with Gasteiger partial charge in [0.25, 0.3) is 0 Å². The topological polar surface area (TPSA) is 111 Å². The van der Waals surface area contributed by atoms with E-state index < -0.39 is 24.3 Å². The summed E-state index contributed by atoms with van der Waals surface area (Å²) < 4.78 is 22.7. The average Bonchev–Trinajstić information content (AvgIpc) is 3.46. The highest BCUT2D eigenvalue weighted by atomic mass is 16.7. The number of nitrogens with zero attached hydrogens (tertiary/aromatic N) is 1. The molecule has 0 rings (SSSR count). The molecule has 0 aliphatic carbocycles. The Morgan fingerprint density at radius 2 is 0.651 bits per heavy atom. The molecule has 83 heavy (non-hydrogen) atoms. The van der Waals surface area contributed by atoms with Crippen molar-refractivity contribution in [1.29, 1.82) is 0 Å². The number of unbranched alkanes of at least 4 members (excludes halogenated alkanes) is 17. The van der Waals surface area contributed by atoms with Gasteiger partial charge in [-0.15, -0.1) is 0 Å². The zero-order valence-electron chi connectivity index (χ0n) is 53.2. The van der Waals surface area contributed by atoms with Gasteiger partial charge in [-0.1, -0.05) is 255 Å². The van der Waals surface area contributed by atoms with E-state index in [0.717, 1.165) is 141 Å². The van der Waals surface area contributed by atoms with Gasteiger partial charge in [-0.05, 0) is 122 Å². The molecule has 2 unspecified atom stereocenters. The lowest BCUT2D eigenvalue weighted by atomic mass is 10.0. The highest BCUT2D eigenvalue weighted by Crippen LogP contribution is 2.15. The number of likely N-dealkylation sites (N-methyl/N-ethyl adjacent to an activating group) is 1. The van der Waals surface area contributed by atoms with E-state index in [1.54, 1.807) is 0 Å². The molecule has 0 aromatic carbocycles. The van der Waals surface area contributed by atoms with Gasteiger partial charge in [0.1, 0.15) is 13.2 Å². The Kier molecular flexibility index (Phi) is 59.1. The first kappa shape index (κ1) is 77.9. The molecule has 0 aliphatic rings. The van der Waals surface area contributed by atoms with E-state index in [-0.39, 0.29) is 38.6 Å². The maximum atomic E-state index is 12.9. The SMILES string of the molecule is CC/C=C\C/C=C\C/C=C\C/C=C\C/C=C\C/C=C\C/C=C\C/C=C\C/C=C\CCCCCCCC(=O)OC(COC(=O)CCCCCCCCCCCCCC/C=C\C/C=C\C/C=C\C/C=C\CC)COC(OCC[N+](C)(C)C)C(=O)[O-]. The molecule has 9 nitrogen and oxygen atoms in total. The van der Waals surface area contributed by atoms with Gasteiger partial charge in [0.15, 0.2) is 12.4 Å². The van der Waals surface area contributed by atoms with Gasteiger partial charge in [-0.2, -0.15) is 0 Å². The van der Waals surface area contributed by atoms with E-state index in [4.69, 9.17) is 18.9 Å². The van der Waals surface area contributed by atoms with Gasteiger partial charge in [-0.3, -0.25) is 9.59 Å². The Hall–Kier alpha value is -5.09. The maximum absolute atomic E-state index is 12.9. The van der Waals surface area contributed by atoms with Crippen molar-refractivity contribution in [3.63, 3.8) is 0 Å². The Morgan fingerprint density at radius 1 is 0.361 bits per heavy atom. The monoisotopic (exact) mass is 1150 g/mol. The predicted octanol–water partition coefficient (Wildman–Crippen LogP) is 18.8. The molecule has 0 saturated heterocycles. The average molecular weight is 1150 g/mol. The molecule has 0 heterocycles. The van der Waals surface area contributed by atoms with Gasteiger partial charge in [0, 0.05) is 12.8 Å². The lowest BCUT2D eigenvalue weighted by Gasteiger charge is -2.26. The van der Waals surface area contributed by atoms with Gasteiger partial charge in [-0.25, -0.2) is 0 Å². The largest absolute Gasteiger partial charge is 0.545 e. The second-order valence-electron chi connectivity index (χ2n) is 22.3. The molecule has 468 valence electrons. The number of hydrogen-bond acceptors (Lipinski definition) is 8. The fourth-order valence-electron chi connectivity index (χ4n) is 8.34. The first-order chi connectivity index (χ1) is 40.6. The number of allylic oxidation sites excluding steroid dienone is 26. The summed E-state index contributed by atoms with van der Waals surface area (Å²) in [7, 11) is 5.91. The van der Waals surface area contributed by atoms with Crippen molar-refractivity contribution in [2.75, 3.05) is 47.5 Å². The summed E-state index contributed by atoms with van der Waals surface area (Å²) in [6, 6.07) is 0. The highest BCUT2D eigenvalue weighted by molar-refractivity contribution is 5.70. The predicted molar refractivity (Wildman–Crippen MR) is 352 cm³/mol. The van der Waals surface area contributed by atoms with Crippen LogP contribution < -0.4 is 5.11 Å². The summed E-state index contributed by atoms with van der Waals surface area (Å²) in [5.74, 6) is -2.33. The molecule has 0 saturated carbocycles. The van der Waals surface area contributed by atoms with Gasteiger partial charge < -0.3 is 33.3 Å². The van der Waals surface area contributed by atoms with Crippen LogP contribution in [0.4, 0.5) is 0 Å². The number of rotatable bonds is 58. The minimum Gasteiger partial charge on any atom is -0.545 e. The van der Waals surface area contributed by atoms with E-state index in [0.29, 0.717) is 17.4 Å². The summed E-state index contributed by atoms with van der Waals surface area (Å²) in [4.78, 5) is 37.4. The molecule has 0 bridgehead atoms. The molecule has 2 atom stereocenters. The number of esters is 2. The maximum Gasteiger partial charge on any atom is 0.306 e. The van der Waals surface area contributed by atoms with Crippen LogP contribution in [0.1, 0.15) is 232 Å². The van der Waals surface area contributed by atoms with Gasteiger partial charge in [0.2, 0.25) is 0 Å². The van der Waals surface area contributed by atoms with Crippen molar-refractivity contribution in [1.82, 2.24) is 0 Å². The van der Waals surface area contributed by atoms with Crippen LogP contribution in [0.2, 0.25) is 0 Å². The Balaban J connectivity index is 4.28. The smallest absolute Gasteiger partial charge is 0.306 e. The Labute approximate surface area is 508 Å². The number of carboxylic acid groups (broad SMARTS) is 1. The molecular formula is C74H119NO8. The molecule has 0 spiro atoms. The molecule has 0 aromatic rings. The van der Waals surface area contributed by atoms with Crippen molar-refractivity contribution >= 4 is 17.9 Å². The second kappa shape index (κ2) is 62.9. The summed E-state index contributed by atoms with van der Waals surface area (Å²) >= 11 is 0. The van der Waals surface area contributed by atoms with Crippen LogP contribution in [0.25, 0.3) is 0 Å². The Bertz CT molecular complexity index is 1920. The normalized spacial score (nSPS) is 13.8. The molecule has 0 aliphatic heterocycles. The summed E-state index contributed by atoms with van der Waals surface area (Å²) in [5.41, 5.74) is 0. The molecule has 0 radical (unpaired) electrons. The molecule has 0 aromatic heterocycles.